The number of hydrogen-bond acceptors (Lipinski definition) is 3. The molecule has 5 nitrogen and oxygen atoms in total. The monoisotopic (exact) mass is 298 g/mol. The fourth-order valence-electron chi connectivity index (χ4n) is 3.15. The van der Waals surface area contributed by atoms with E-state index in [-0.39, 0.29) is 11.8 Å². The zero-order valence-corrected chi connectivity index (χ0v) is 12.5. The maximum atomic E-state index is 12.9. The third kappa shape index (κ3) is 2.22. The molecule has 22 heavy (non-hydrogen) atoms. The van der Waals surface area contributed by atoms with E-state index >= 15 is 0 Å². The van der Waals surface area contributed by atoms with Crippen molar-refractivity contribution in [2.24, 2.45) is 0 Å². The van der Waals surface area contributed by atoms with Gasteiger partial charge in [0.25, 0.3) is 17.7 Å². The summed E-state index contributed by atoms with van der Waals surface area (Å²) in [6.45, 7) is 2.29. The minimum absolute atomic E-state index is 0.163. The Bertz CT molecular complexity index is 666. The summed E-state index contributed by atoms with van der Waals surface area (Å²) in [4.78, 5) is 40.8. The summed E-state index contributed by atoms with van der Waals surface area (Å²) in [7, 11) is 0. The van der Waals surface area contributed by atoms with E-state index in [1.807, 2.05) is 0 Å². The van der Waals surface area contributed by atoms with Crippen molar-refractivity contribution in [1.82, 2.24) is 4.90 Å². The minimum Gasteiger partial charge on any atom is -0.327 e. The number of carbonyl (C=O) groups excluding carboxylic acids is 3. The highest BCUT2D eigenvalue weighted by atomic mass is 16.2. The minimum atomic E-state index is -0.539. The van der Waals surface area contributed by atoms with E-state index in [0.717, 1.165) is 17.7 Å². The lowest BCUT2D eigenvalue weighted by Gasteiger charge is -2.33. The molecule has 1 aromatic carbocycles. The number of nitrogens with zero attached hydrogens (tertiary/aromatic N) is 2. The van der Waals surface area contributed by atoms with Crippen molar-refractivity contribution in [3.63, 3.8) is 0 Å². The van der Waals surface area contributed by atoms with E-state index in [2.05, 4.69) is 0 Å². The normalized spacial score (nSPS) is 21.6. The maximum Gasteiger partial charge on any atom is 0.257 e. The Morgan fingerprint density at radius 2 is 2.00 bits per heavy atom. The zero-order chi connectivity index (χ0) is 15.7. The number of fused-ring (bicyclic) bond motifs is 2. The summed E-state index contributed by atoms with van der Waals surface area (Å²) in [5.74, 6) is -0.870. The van der Waals surface area contributed by atoms with Crippen LogP contribution in [-0.4, -0.2) is 35.2 Å². The van der Waals surface area contributed by atoms with Gasteiger partial charge < -0.3 is 4.90 Å². The quantitative estimate of drug-likeness (QED) is 0.746. The average Bonchev–Trinajstić information content (AvgIpc) is 2.63. The average molecular weight is 298 g/mol. The number of allylic oxidation sites excluding steroid dienone is 1. The molecule has 0 spiro atoms. The van der Waals surface area contributed by atoms with E-state index in [0.29, 0.717) is 24.2 Å². The Kier molecular flexibility index (Phi) is 3.79. The van der Waals surface area contributed by atoms with Gasteiger partial charge in [-0.15, -0.1) is 0 Å². The molecule has 2 heterocycles. The largest absolute Gasteiger partial charge is 0.327 e. The summed E-state index contributed by atoms with van der Waals surface area (Å²) in [5.41, 5.74) is 0.799. The standard InChI is InChI=1S/C17H18N2O3/c1-2-7-15(20)19-13-9-4-3-8-12(13)16(21)18-11-6-5-10-14(18)17(19)22/h2-4,7-9,14H,5-6,10-11H2,1H3/b7-2+. The lowest BCUT2D eigenvalue weighted by atomic mass is 10.0. The first-order valence-electron chi connectivity index (χ1n) is 7.55. The van der Waals surface area contributed by atoms with Gasteiger partial charge in [-0.05, 0) is 44.4 Å². The molecule has 0 aromatic heterocycles. The van der Waals surface area contributed by atoms with Gasteiger partial charge in [-0.2, -0.15) is 0 Å². The third-order valence-electron chi connectivity index (χ3n) is 4.17. The van der Waals surface area contributed by atoms with Crippen LogP contribution in [0.15, 0.2) is 36.4 Å². The molecular weight excluding hydrogens is 280 g/mol. The Balaban J connectivity index is 2.16. The van der Waals surface area contributed by atoms with Gasteiger partial charge in [0.2, 0.25) is 0 Å². The topological polar surface area (TPSA) is 57.7 Å². The zero-order valence-electron chi connectivity index (χ0n) is 12.5. The van der Waals surface area contributed by atoms with Crippen LogP contribution in [-0.2, 0) is 9.59 Å². The number of carbonyl (C=O) groups is 3. The summed E-state index contributed by atoms with van der Waals surface area (Å²) in [5, 5.41) is 0. The van der Waals surface area contributed by atoms with Gasteiger partial charge in [-0.25, -0.2) is 4.90 Å². The Labute approximate surface area is 129 Å². The Morgan fingerprint density at radius 3 is 2.77 bits per heavy atom. The van der Waals surface area contributed by atoms with Gasteiger partial charge >= 0.3 is 0 Å². The van der Waals surface area contributed by atoms with E-state index in [1.54, 1.807) is 42.2 Å². The Hall–Kier alpha value is -2.43. The first-order valence-corrected chi connectivity index (χ1v) is 7.55. The van der Waals surface area contributed by atoms with Crippen molar-refractivity contribution in [2.75, 3.05) is 11.4 Å². The smallest absolute Gasteiger partial charge is 0.257 e. The fourth-order valence-corrected chi connectivity index (χ4v) is 3.15. The van der Waals surface area contributed by atoms with Gasteiger partial charge in [0, 0.05) is 6.54 Å². The maximum absolute atomic E-state index is 12.9. The molecule has 0 aliphatic carbocycles. The molecule has 0 saturated carbocycles. The molecule has 0 N–H and O–H groups in total. The summed E-state index contributed by atoms with van der Waals surface area (Å²) < 4.78 is 0. The number of amides is 3. The van der Waals surface area contributed by atoms with Crippen molar-refractivity contribution < 1.29 is 14.4 Å². The summed E-state index contributed by atoms with van der Waals surface area (Å²) in [6.07, 6.45) is 5.35. The van der Waals surface area contributed by atoms with Crippen molar-refractivity contribution in [2.45, 2.75) is 32.2 Å². The molecule has 1 saturated heterocycles. The molecule has 114 valence electrons. The van der Waals surface area contributed by atoms with E-state index in [4.69, 9.17) is 0 Å². The number of para-hydroxylation sites is 1. The van der Waals surface area contributed by atoms with Gasteiger partial charge in [0.15, 0.2) is 0 Å². The number of imide groups is 1. The second-order valence-electron chi connectivity index (χ2n) is 5.54. The van der Waals surface area contributed by atoms with Crippen molar-refractivity contribution in [1.29, 1.82) is 0 Å². The molecule has 5 heteroatoms. The first kappa shape index (κ1) is 14.5. The van der Waals surface area contributed by atoms with Crippen molar-refractivity contribution in [3.05, 3.63) is 42.0 Å². The first-order chi connectivity index (χ1) is 10.6. The molecule has 2 aliphatic heterocycles. The number of hydrogen-bond donors (Lipinski definition) is 0. The molecule has 2 aliphatic rings. The highest BCUT2D eigenvalue weighted by molar-refractivity contribution is 6.24. The van der Waals surface area contributed by atoms with E-state index in [9.17, 15) is 14.4 Å². The van der Waals surface area contributed by atoms with Crippen molar-refractivity contribution in [3.8, 4) is 0 Å². The van der Waals surface area contributed by atoms with Crippen LogP contribution in [0.2, 0.25) is 0 Å². The second kappa shape index (κ2) is 5.75. The SMILES string of the molecule is C/C=C/C(=O)N1C(=O)C2CCCCN2C(=O)c2ccccc21. The highest BCUT2D eigenvalue weighted by Gasteiger charge is 2.42. The lowest BCUT2D eigenvalue weighted by Crippen LogP contribution is -2.51. The molecular formula is C17H18N2O3. The summed E-state index contributed by atoms with van der Waals surface area (Å²) >= 11 is 0. The fraction of sp³-hybridized carbons (Fsp3) is 0.353. The van der Waals surface area contributed by atoms with Crippen LogP contribution in [0.4, 0.5) is 5.69 Å². The number of anilines is 1. The molecule has 1 atom stereocenters. The van der Waals surface area contributed by atoms with E-state index in [1.165, 1.54) is 6.08 Å². The van der Waals surface area contributed by atoms with Crippen LogP contribution in [0.5, 0.6) is 0 Å². The van der Waals surface area contributed by atoms with Gasteiger partial charge in [-0.3, -0.25) is 14.4 Å². The molecule has 1 unspecified atom stereocenters. The van der Waals surface area contributed by atoms with Gasteiger partial charge in [-0.1, -0.05) is 18.2 Å². The molecule has 0 radical (unpaired) electrons. The van der Waals surface area contributed by atoms with Crippen LogP contribution in [0, 0.1) is 0 Å². The van der Waals surface area contributed by atoms with Crippen LogP contribution in [0.25, 0.3) is 0 Å². The third-order valence-corrected chi connectivity index (χ3v) is 4.17. The molecule has 3 rings (SSSR count). The van der Waals surface area contributed by atoms with Gasteiger partial charge in [0.1, 0.15) is 6.04 Å². The van der Waals surface area contributed by atoms with Crippen LogP contribution in [0.3, 0.4) is 0 Å². The molecule has 0 bridgehead atoms. The van der Waals surface area contributed by atoms with Crippen LogP contribution in [0.1, 0.15) is 36.5 Å². The van der Waals surface area contributed by atoms with Gasteiger partial charge in [0.05, 0.1) is 11.3 Å². The van der Waals surface area contributed by atoms with Crippen LogP contribution >= 0.6 is 0 Å². The number of piperidine rings is 1. The predicted molar refractivity (Wildman–Crippen MR) is 82.4 cm³/mol. The summed E-state index contributed by atoms with van der Waals surface area (Å²) in [6, 6.07) is 6.29. The second-order valence-corrected chi connectivity index (χ2v) is 5.54. The molecule has 3 amide bonds. The predicted octanol–water partition coefficient (Wildman–Crippen LogP) is 2.13. The van der Waals surface area contributed by atoms with Crippen molar-refractivity contribution >= 4 is 23.4 Å². The van der Waals surface area contributed by atoms with Crippen LogP contribution < -0.4 is 4.90 Å². The number of rotatable bonds is 1. The van der Waals surface area contributed by atoms with E-state index < -0.39 is 11.9 Å². The Morgan fingerprint density at radius 1 is 1.23 bits per heavy atom. The molecule has 1 aromatic rings. The highest BCUT2D eigenvalue weighted by Crippen LogP contribution is 2.31. The molecule has 1 fully saturated rings. The number of benzene rings is 1. The lowest BCUT2D eigenvalue weighted by molar-refractivity contribution is -0.128.